The number of halogens is 6. The molecule has 0 aliphatic heterocycles. The molecule has 0 heterocycles. The maximum Gasteiger partial charge on any atom is 0.422 e. The molecule has 3 aromatic carbocycles. The summed E-state index contributed by atoms with van der Waals surface area (Å²) in [4.78, 5) is 0. The van der Waals surface area contributed by atoms with Gasteiger partial charge in [-0.3, -0.25) is 0 Å². The van der Waals surface area contributed by atoms with Gasteiger partial charge in [-0.2, -0.15) is 13.2 Å². The van der Waals surface area contributed by atoms with Gasteiger partial charge in [0.15, 0.2) is 0 Å². The predicted octanol–water partition coefficient (Wildman–Crippen LogP) is 8.07. The van der Waals surface area contributed by atoms with Crippen LogP contribution in [-0.4, -0.2) is 0 Å². The quantitative estimate of drug-likeness (QED) is 0.285. The highest BCUT2D eigenvalue weighted by Crippen LogP contribution is 2.37. The fourth-order valence-corrected chi connectivity index (χ4v) is 3.48. The molecule has 0 aromatic heterocycles. The Kier molecular flexibility index (Phi) is 6.20. The van der Waals surface area contributed by atoms with Gasteiger partial charge in [-0.05, 0) is 41.5 Å². The highest BCUT2D eigenvalue weighted by Gasteiger charge is 2.38. The Hall–Kier alpha value is -2.50. The zero-order valence-corrected chi connectivity index (χ0v) is 15.8. The molecule has 0 saturated carbocycles. The Labute approximate surface area is 165 Å². The lowest BCUT2D eigenvalue weighted by atomic mass is 9.96. The smallest absolute Gasteiger partial charge is 0.206 e. The summed E-state index contributed by atoms with van der Waals surface area (Å²) in [6, 6.07) is 9.23. The summed E-state index contributed by atoms with van der Waals surface area (Å²) in [5, 5.41) is 0.882. The van der Waals surface area contributed by atoms with Crippen molar-refractivity contribution in [3.05, 3.63) is 71.0 Å². The van der Waals surface area contributed by atoms with Crippen LogP contribution in [0, 0.1) is 17.5 Å². The molecule has 3 aromatic rings. The minimum absolute atomic E-state index is 0.153. The van der Waals surface area contributed by atoms with Gasteiger partial charge in [-0.15, -0.1) is 0 Å². The zero-order valence-electron chi connectivity index (χ0n) is 15.8. The third-order valence-electron chi connectivity index (χ3n) is 4.97. The minimum Gasteiger partial charge on any atom is -0.206 e. The van der Waals surface area contributed by atoms with Crippen LogP contribution in [0.5, 0.6) is 0 Å². The maximum atomic E-state index is 15.0. The number of fused-ring (bicyclic) bond motifs is 1. The summed E-state index contributed by atoms with van der Waals surface area (Å²) in [5.74, 6) is -4.26. The van der Waals surface area contributed by atoms with E-state index in [4.69, 9.17) is 0 Å². The van der Waals surface area contributed by atoms with E-state index in [1.807, 2.05) is 6.07 Å². The standard InChI is InChI=1S/C23H20F6/c1-2-3-4-5-6-14-7-9-17-15(11-14)8-10-18(22(17)26)16-12-19(24)21(20(25)13-16)23(27,28)29/h7-13H,2-6H2,1H3. The lowest BCUT2D eigenvalue weighted by Crippen LogP contribution is -2.11. The Morgan fingerprint density at radius 1 is 0.793 bits per heavy atom. The number of benzene rings is 3. The molecule has 0 N–H and O–H groups in total. The molecule has 0 aliphatic rings. The molecule has 0 radical (unpaired) electrons. The van der Waals surface area contributed by atoms with Gasteiger partial charge in [0, 0.05) is 10.9 Å². The van der Waals surface area contributed by atoms with Crippen LogP contribution in [-0.2, 0) is 12.6 Å². The van der Waals surface area contributed by atoms with Crippen LogP contribution in [0.2, 0.25) is 0 Å². The van der Waals surface area contributed by atoms with Gasteiger partial charge in [-0.1, -0.05) is 56.5 Å². The summed E-state index contributed by atoms with van der Waals surface area (Å²) in [7, 11) is 0. The lowest BCUT2D eigenvalue weighted by molar-refractivity contribution is -0.142. The fourth-order valence-electron chi connectivity index (χ4n) is 3.48. The molecule has 3 rings (SSSR count). The highest BCUT2D eigenvalue weighted by atomic mass is 19.4. The van der Waals surface area contributed by atoms with Crippen LogP contribution in [0.3, 0.4) is 0 Å². The molecular weight excluding hydrogens is 390 g/mol. The number of hydrogen-bond acceptors (Lipinski definition) is 0. The second kappa shape index (κ2) is 8.47. The van der Waals surface area contributed by atoms with Crippen molar-refractivity contribution in [1.29, 1.82) is 0 Å². The molecule has 0 atom stereocenters. The van der Waals surface area contributed by atoms with Gasteiger partial charge >= 0.3 is 6.18 Å². The second-order valence-corrected chi connectivity index (χ2v) is 7.11. The molecule has 0 saturated heterocycles. The summed E-state index contributed by atoms with van der Waals surface area (Å²) >= 11 is 0. The average Bonchev–Trinajstić information content (AvgIpc) is 2.63. The number of aryl methyl sites for hydroxylation is 1. The summed E-state index contributed by atoms with van der Waals surface area (Å²) in [6.45, 7) is 2.13. The highest BCUT2D eigenvalue weighted by molar-refractivity contribution is 5.88. The molecule has 154 valence electrons. The number of alkyl halides is 3. The molecule has 0 aliphatic carbocycles. The van der Waals surface area contributed by atoms with E-state index in [1.165, 1.54) is 6.07 Å². The molecule has 0 unspecified atom stereocenters. The second-order valence-electron chi connectivity index (χ2n) is 7.11. The molecule has 0 spiro atoms. The van der Waals surface area contributed by atoms with Crippen LogP contribution >= 0.6 is 0 Å². The Morgan fingerprint density at radius 2 is 1.48 bits per heavy atom. The predicted molar refractivity (Wildman–Crippen MR) is 102 cm³/mol. The monoisotopic (exact) mass is 410 g/mol. The number of unbranched alkanes of at least 4 members (excludes halogenated alkanes) is 3. The third kappa shape index (κ3) is 4.57. The first-order valence-corrected chi connectivity index (χ1v) is 9.50. The van der Waals surface area contributed by atoms with Gasteiger partial charge in [0.05, 0.1) is 0 Å². The van der Waals surface area contributed by atoms with Crippen molar-refractivity contribution in [2.75, 3.05) is 0 Å². The first-order valence-electron chi connectivity index (χ1n) is 9.50. The van der Waals surface area contributed by atoms with Crippen molar-refractivity contribution in [2.45, 2.75) is 45.2 Å². The van der Waals surface area contributed by atoms with E-state index in [0.29, 0.717) is 17.5 Å². The maximum absolute atomic E-state index is 15.0. The minimum atomic E-state index is -5.16. The summed E-state index contributed by atoms with van der Waals surface area (Å²) in [6.07, 6.45) is 0.149. The van der Waals surface area contributed by atoms with Crippen molar-refractivity contribution >= 4 is 10.8 Å². The van der Waals surface area contributed by atoms with E-state index in [9.17, 15) is 26.3 Å². The fraction of sp³-hybridized carbons (Fsp3) is 0.304. The van der Waals surface area contributed by atoms with Crippen molar-refractivity contribution in [2.24, 2.45) is 0 Å². The van der Waals surface area contributed by atoms with Gasteiger partial charge in [0.25, 0.3) is 0 Å². The zero-order chi connectivity index (χ0) is 21.2. The van der Waals surface area contributed by atoms with Gasteiger partial charge < -0.3 is 0 Å². The van der Waals surface area contributed by atoms with Crippen molar-refractivity contribution in [3.63, 3.8) is 0 Å². The van der Waals surface area contributed by atoms with Gasteiger partial charge in [-0.25, -0.2) is 13.2 Å². The summed E-state index contributed by atoms with van der Waals surface area (Å²) in [5.41, 5.74) is -1.35. The van der Waals surface area contributed by atoms with E-state index in [1.54, 1.807) is 18.2 Å². The molecule has 0 bridgehead atoms. The van der Waals surface area contributed by atoms with E-state index in [2.05, 4.69) is 6.92 Å². The Balaban J connectivity index is 1.96. The van der Waals surface area contributed by atoms with Crippen molar-refractivity contribution in [1.82, 2.24) is 0 Å². The SMILES string of the molecule is CCCCCCc1ccc2c(F)c(-c3cc(F)c(C(F)(F)F)c(F)c3)ccc2c1. The lowest BCUT2D eigenvalue weighted by Gasteiger charge is -2.13. The molecule has 0 nitrogen and oxygen atoms in total. The molecule has 0 amide bonds. The van der Waals surface area contributed by atoms with Crippen LogP contribution in [0.15, 0.2) is 42.5 Å². The van der Waals surface area contributed by atoms with Crippen molar-refractivity contribution < 1.29 is 26.3 Å². The first kappa shape index (κ1) is 21.2. The number of hydrogen-bond donors (Lipinski definition) is 0. The first-order chi connectivity index (χ1) is 13.7. The van der Waals surface area contributed by atoms with Crippen molar-refractivity contribution in [3.8, 4) is 11.1 Å². The van der Waals surface area contributed by atoms with E-state index in [0.717, 1.165) is 37.7 Å². The van der Waals surface area contributed by atoms with Gasteiger partial charge in [0.2, 0.25) is 0 Å². The van der Waals surface area contributed by atoms with E-state index < -0.39 is 29.2 Å². The van der Waals surface area contributed by atoms with Gasteiger partial charge in [0.1, 0.15) is 23.0 Å². The van der Waals surface area contributed by atoms with Crippen LogP contribution < -0.4 is 0 Å². The molecule has 29 heavy (non-hydrogen) atoms. The van der Waals surface area contributed by atoms with E-state index >= 15 is 0 Å². The third-order valence-corrected chi connectivity index (χ3v) is 4.97. The van der Waals surface area contributed by atoms with E-state index in [-0.39, 0.29) is 16.5 Å². The Morgan fingerprint density at radius 3 is 2.10 bits per heavy atom. The van der Waals surface area contributed by atoms with Crippen LogP contribution in [0.1, 0.15) is 43.7 Å². The average molecular weight is 410 g/mol. The molecule has 6 heteroatoms. The van der Waals surface area contributed by atoms with Crippen LogP contribution in [0.4, 0.5) is 26.3 Å². The normalized spacial score (nSPS) is 12.0. The summed E-state index contributed by atoms with van der Waals surface area (Å²) < 4.78 is 81.0. The molecular formula is C23H20F6. The number of rotatable bonds is 6. The van der Waals surface area contributed by atoms with Crippen LogP contribution in [0.25, 0.3) is 21.9 Å². The Bertz CT molecular complexity index is 997. The molecule has 0 fully saturated rings. The topological polar surface area (TPSA) is 0 Å². The largest absolute Gasteiger partial charge is 0.422 e.